The van der Waals surface area contributed by atoms with Crippen LogP contribution in [0.1, 0.15) is 41.5 Å². The molecule has 1 fully saturated rings. The zero-order chi connectivity index (χ0) is 21.1. The SMILES string of the molecule is Cc1cc(-c2n[nH]c(-c3nc4c(s3)CN(C3COC3)CC4)c2C(C)C)cn2ncnc12. The highest BCUT2D eigenvalue weighted by Crippen LogP contribution is 2.39. The Morgan fingerprint density at radius 2 is 2.16 bits per heavy atom. The van der Waals surface area contributed by atoms with E-state index in [0.717, 1.165) is 65.9 Å². The second-order valence-corrected chi connectivity index (χ2v) is 9.84. The number of ether oxygens (including phenoxy) is 1. The molecule has 4 aromatic heterocycles. The number of H-pyrrole nitrogens is 1. The molecule has 0 bridgehead atoms. The third-order valence-corrected chi connectivity index (χ3v) is 7.43. The molecule has 0 atom stereocenters. The van der Waals surface area contributed by atoms with Crippen molar-refractivity contribution < 1.29 is 4.74 Å². The van der Waals surface area contributed by atoms with Gasteiger partial charge >= 0.3 is 0 Å². The van der Waals surface area contributed by atoms with Crippen molar-refractivity contribution in [3.63, 3.8) is 0 Å². The number of nitrogens with one attached hydrogen (secondary N) is 1. The van der Waals surface area contributed by atoms with Crippen molar-refractivity contribution in [1.82, 2.24) is 34.7 Å². The van der Waals surface area contributed by atoms with Crippen LogP contribution in [0.15, 0.2) is 18.6 Å². The number of aryl methyl sites for hydroxylation is 1. The van der Waals surface area contributed by atoms with Gasteiger partial charge in [-0.05, 0) is 24.5 Å². The molecule has 0 saturated carbocycles. The molecule has 6 rings (SSSR count). The Morgan fingerprint density at radius 1 is 1.29 bits per heavy atom. The van der Waals surface area contributed by atoms with Gasteiger partial charge in [-0.2, -0.15) is 10.2 Å². The van der Waals surface area contributed by atoms with E-state index < -0.39 is 0 Å². The molecule has 1 N–H and O–H groups in total. The molecule has 0 radical (unpaired) electrons. The molecule has 6 heterocycles. The van der Waals surface area contributed by atoms with E-state index in [1.807, 2.05) is 10.7 Å². The van der Waals surface area contributed by atoms with Crippen LogP contribution in [0.2, 0.25) is 0 Å². The maximum atomic E-state index is 5.39. The molecule has 0 aliphatic carbocycles. The smallest absolute Gasteiger partial charge is 0.158 e. The summed E-state index contributed by atoms with van der Waals surface area (Å²) >= 11 is 1.80. The van der Waals surface area contributed by atoms with Crippen molar-refractivity contribution >= 4 is 17.0 Å². The normalized spacial score (nSPS) is 17.4. The number of fused-ring (bicyclic) bond motifs is 2. The molecule has 0 unspecified atom stereocenters. The van der Waals surface area contributed by atoms with E-state index in [2.05, 4.69) is 46.9 Å². The number of pyridine rings is 1. The molecule has 31 heavy (non-hydrogen) atoms. The zero-order valence-corrected chi connectivity index (χ0v) is 18.7. The quantitative estimate of drug-likeness (QED) is 0.529. The van der Waals surface area contributed by atoms with Gasteiger partial charge in [-0.3, -0.25) is 10.00 Å². The molecule has 4 aromatic rings. The van der Waals surface area contributed by atoms with Crippen molar-refractivity contribution in [3.05, 3.63) is 40.3 Å². The largest absolute Gasteiger partial charge is 0.378 e. The van der Waals surface area contributed by atoms with Crippen LogP contribution in [-0.2, 0) is 17.7 Å². The molecule has 8 nitrogen and oxygen atoms in total. The number of hydrogen-bond acceptors (Lipinski definition) is 7. The van der Waals surface area contributed by atoms with Crippen LogP contribution >= 0.6 is 11.3 Å². The Morgan fingerprint density at radius 3 is 2.94 bits per heavy atom. The summed E-state index contributed by atoms with van der Waals surface area (Å²) in [4.78, 5) is 13.3. The summed E-state index contributed by atoms with van der Waals surface area (Å²) in [6.07, 6.45) is 4.60. The predicted molar refractivity (Wildman–Crippen MR) is 119 cm³/mol. The fourth-order valence-corrected chi connectivity index (χ4v) is 5.73. The average molecular weight is 436 g/mol. The number of nitrogens with zero attached hydrogens (tertiary/aromatic N) is 6. The van der Waals surface area contributed by atoms with Gasteiger partial charge in [-0.1, -0.05) is 13.8 Å². The van der Waals surface area contributed by atoms with E-state index >= 15 is 0 Å². The second kappa shape index (κ2) is 7.22. The lowest BCUT2D eigenvalue weighted by Crippen LogP contribution is -2.50. The van der Waals surface area contributed by atoms with E-state index in [9.17, 15) is 0 Å². The van der Waals surface area contributed by atoms with E-state index in [-0.39, 0.29) is 0 Å². The Labute approximate surface area is 184 Å². The summed E-state index contributed by atoms with van der Waals surface area (Å²) in [5.74, 6) is 0.306. The summed E-state index contributed by atoms with van der Waals surface area (Å²) in [5, 5.41) is 13.4. The minimum Gasteiger partial charge on any atom is -0.378 e. The Kier molecular flexibility index (Phi) is 4.45. The van der Waals surface area contributed by atoms with E-state index in [0.29, 0.717) is 12.0 Å². The number of aromatic nitrogens is 6. The summed E-state index contributed by atoms with van der Waals surface area (Å²) in [6.45, 7) is 10.2. The Hall–Kier alpha value is -2.62. The van der Waals surface area contributed by atoms with Crippen LogP contribution in [0.5, 0.6) is 0 Å². The molecule has 0 aromatic carbocycles. The van der Waals surface area contributed by atoms with Crippen molar-refractivity contribution in [2.45, 2.75) is 45.7 Å². The first-order chi connectivity index (χ1) is 15.1. The summed E-state index contributed by atoms with van der Waals surface area (Å²) < 4.78 is 7.21. The number of rotatable bonds is 4. The van der Waals surface area contributed by atoms with Crippen LogP contribution in [0.25, 0.3) is 27.6 Å². The van der Waals surface area contributed by atoms with Gasteiger partial charge in [0.2, 0.25) is 0 Å². The predicted octanol–water partition coefficient (Wildman–Crippen LogP) is 3.43. The monoisotopic (exact) mass is 435 g/mol. The van der Waals surface area contributed by atoms with Crippen LogP contribution in [-0.4, -0.2) is 60.5 Å². The second-order valence-electron chi connectivity index (χ2n) is 8.76. The van der Waals surface area contributed by atoms with Crippen molar-refractivity contribution in [1.29, 1.82) is 0 Å². The van der Waals surface area contributed by atoms with Gasteiger partial charge in [0.05, 0.1) is 36.3 Å². The topological polar surface area (TPSA) is 84.2 Å². The number of hydrogen-bond donors (Lipinski definition) is 1. The Balaban J connectivity index is 1.40. The first-order valence-corrected chi connectivity index (χ1v) is 11.6. The van der Waals surface area contributed by atoms with Crippen molar-refractivity contribution in [3.8, 4) is 22.0 Å². The number of thiazole rings is 1. The molecule has 0 spiro atoms. The van der Waals surface area contributed by atoms with Gasteiger partial charge in [0.1, 0.15) is 11.3 Å². The highest BCUT2D eigenvalue weighted by Gasteiger charge is 2.31. The van der Waals surface area contributed by atoms with Gasteiger partial charge in [0.25, 0.3) is 0 Å². The molecule has 2 aliphatic rings. The Bertz CT molecular complexity index is 1270. The summed E-state index contributed by atoms with van der Waals surface area (Å²) in [5.41, 5.74) is 7.44. The lowest BCUT2D eigenvalue weighted by Gasteiger charge is -2.38. The molecule has 9 heteroatoms. The standard InChI is InChI=1S/C22H25N7OS/c1-12(2)18-19(14-6-13(3)21-23-11-24-29(21)7-14)26-27-20(18)22-25-16-4-5-28(8-17(16)31-22)15-9-30-10-15/h6-7,11-12,15H,4-5,8-10H2,1-3H3,(H,26,27). The fourth-order valence-electron chi connectivity index (χ4n) is 4.59. The first-order valence-electron chi connectivity index (χ1n) is 10.8. The third-order valence-electron chi connectivity index (χ3n) is 6.33. The van der Waals surface area contributed by atoms with E-state index in [4.69, 9.17) is 14.8 Å². The van der Waals surface area contributed by atoms with Gasteiger partial charge in [-0.15, -0.1) is 11.3 Å². The minimum atomic E-state index is 0.306. The maximum absolute atomic E-state index is 5.39. The van der Waals surface area contributed by atoms with Gasteiger partial charge in [-0.25, -0.2) is 14.5 Å². The van der Waals surface area contributed by atoms with Gasteiger partial charge < -0.3 is 4.74 Å². The minimum absolute atomic E-state index is 0.306. The molecule has 1 saturated heterocycles. The third kappa shape index (κ3) is 3.10. The summed E-state index contributed by atoms with van der Waals surface area (Å²) in [7, 11) is 0. The van der Waals surface area contributed by atoms with E-state index in [1.54, 1.807) is 17.7 Å². The molecule has 0 amide bonds. The fraction of sp³-hybridized carbons (Fsp3) is 0.455. The van der Waals surface area contributed by atoms with Gasteiger partial charge in [0, 0.05) is 41.7 Å². The average Bonchev–Trinajstić information content (AvgIpc) is 3.43. The van der Waals surface area contributed by atoms with Crippen LogP contribution < -0.4 is 0 Å². The van der Waals surface area contributed by atoms with Crippen LogP contribution in [0.3, 0.4) is 0 Å². The van der Waals surface area contributed by atoms with Crippen LogP contribution in [0.4, 0.5) is 0 Å². The highest BCUT2D eigenvalue weighted by atomic mass is 32.1. The zero-order valence-electron chi connectivity index (χ0n) is 17.9. The maximum Gasteiger partial charge on any atom is 0.158 e. The molecule has 160 valence electrons. The van der Waals surface area contributed by atoms with Crippen molar-refractivity contribution in [2.75, 3.05) is 19.8 Å². The molecular weight excluding hydrogens is 410 g/mol. The lowest BCUT2D eigenvalue weighted by molar-refractivity contribution is -0.0692. The van der Waals surface area contributed by atoms with Gasteiger partial charge in [0.15, 0.2) is 5.65 Å². The highest BCUT2D eigenvalue weighted by molar-refractivity contribution is 7.15. The van der Waals surface area contributed by atoms with E-state index in [1.165, 1.54) is 16.1 Å². The summed E-state index contributed by atoms with van der Waals surface area (Å²) in [6, 6.07) is 2.71. The molecule has 2 aliphatic heterocycles. The first kappa shape index (κ1) is 19.1. The lowest BCUT2D eigenvalue weighted by atomic mass is 9.97. The molecular formula is C22H25N7OS. The number of aromatic amines is 1. The van der Waals surface area contributed by atoms with Crippen molar-refractivity contribution in [2.24, 2.45) is 0 Å². The van der Waals surface area contributed by atoms with Crippen LogP contribution in [0, 0.1) is 6.92 Å².